The van der Waals surface area contributed by atoms with Gasteiger partial charge in [0.1, 0.15) is 10.6 Å². The Kier molecular flexibility index (Phi) is 7.18. The van der Waals surface area contributed by atoms with Crippen molar-refractivity contribution in [2.75, 3.05) is 19.0 Å². The first kappa shape index (κ1) is 22.9. The number of hydrogen-bond donors (Lipinski definition) is 2. The van der Waals surface area contributed by atoms with Gasteiger partial charge in [0.2, 0.25) is 21.8 Å². The Labute approximate surface area is 185 Å². The third-order valence-corrected chi connectivity index (χ3v) is 6.34. The van der Waals surface area contributed by atoms with E-state index in [1.165, 1.54) is 55.9 Å². The number of primary amides is 1. The largest absolute Gasteiger partial charge is 0.497 e. The summed E-state index contributed by atoms with van der Waals surface area (Å²) in [5.41, 5.74) is 6.59. The lowest BCUT2D eigenvalue weighted by molar-refractivity contribution is -0.116. The van der Waals surface area contributed by atoms with Crippen molar-refractivity contribution in [3.63, 3.8) is 0 Å². The summed E-state index contributed by atoms with van der Waals surface area (Å²) < 4.78 is 32.6. The minimum atomic E-state index is -4.00. The van der Waals surface area contributed by atoms with Crippen LogP contribution < -0.4 is 15.8 Å². The Bertz CT molecular complexity index is 1180. The zero-order chi connectivity index (χ0) is 23.1. The molecule has 1 heterocycles. The second-order valence-electron chi connectivity index (χ2n) is 6.80. The van der Waals surface area contributed by atoms with Crippen molar-refractivity contribution in [2.45, 2.75) is 11.4 Å². The number of aromatic nitrogens is 1. The topological polar surface area (TPSA) is 132 Å². The van der Waals surface area contributed by atoms with E-state index >= 15 is 0 Å². The molecule has 0 saturated carbocycles. The number of sulfonamides is 1. The summed E-state index contributed by atoms with van der Waals surface area (Å²) in [6.07, 6.45) is 2.70. The van der Waals surface area contributed by atoms with Gasteiger partial charge in [-0.2, -0.15) is 4.31 Å². The molecule has 0 radical (unpaired) electrons. The quantitative estimate of drug-likeness (QED) is 0.508. The summed E-state index contributed by atoms with van der Waals surface area (Å²) in [4.78, 5) is 27.7. The highest BCUT2D eigenvalue weighted by Gasteiger charge is 2.27. The van der Waals surface area contributed by atoms with Gasteiger partial charge in [-0.3, -0.25) is 14.6 Å². The summed E-state index contributed by atoms with van der Waals surface area (Å²) in [5.74, 6) is -0.499. The molecule has 3 rings (SSSR count). The molecule has 2 aromatic carbocycles. The van der Waals surface area contributed by atoms with Crippen LogP contribution >= 0.6 is 0 Å². The predicted molar refractivity (Wildman–Crippen MR) is 118 cm³/mol. The Hall–Kier alpha value is -3.76. The fourth-order valence-corrected chi connectivity index (χ4v) is 4.24. The van der Waals surface area contributed by atoms with E-state index in [1.54, 1.807) is 24.3 Å². The maximum atomic E-state index is 13.2. The molecular formula is C22H22N4O5S. The number of anilines is 1. The van der Waals surface area contributed by atoms with Crippen LogP contribution in [0.3, 0.4) is 0 Å². The molecule has 0 bridgehead atoms. The van der Waals surface area contributed by atoms with Gasteiger partial charge >= 0.3 is 0 Å². The monoisotopic (exact) mass is 454 g/mol. The third-order valence-electron chi connectivity index (χ3n) is 4.56. The average molecular weight is 455 g/mol. The first-order chi connectivity index (χ1) is 15.3. The number of methoxy groups -OCH3 is 1. The van der Waals surface area contributed by atoms with Crippen molar-refractivity contribution in [1.29, 1.82) is 0 Å². The molecule has 166 valence electrons. The maximum Gasteiger partial charge on any atom is 0.248 e. The summed E-state index contributed by atoms with van der Waals surface area (Å²) in [6.45, 7) is -0.462. The predicted octanol–water partition coefficient (Wildman–Crippen LogP) is 2.02. The van der Waals surface area contributed by atoms with Gasteiger partial charge in [0.15, 0.2) is 0 Å². The van der Waals surface area contributed by atoms with E-state index in [0.29, 0.717) is 22.6 Å². The molecule has 0 aliphatic rings. The summed E-state index contributed by atoms with van der Waals surface area (Å²) in [7, 11) is -2.47. The van der Waals surface area contributed by atoms with Crippen molar-refractivity contribution in [3.8, 4) is 5.75 Å². The van der Waals surface area contributed by atoms with E-state index in [2.05, 4.69) is 10.3 Å². The van der Waals surface area contributed by atoms with E-state index in [-0.39, 0.29) is 11.4 Å². The van der Waals surface area contributed by atoms with Crippen molar-refractivity contribution in [2.24, 2.45) is 5.73 Å². The highest BCUT2D eigenvalue weighted by atomic mass is 32.2. The SMILES string of the molecule is COc1ccc(CN(CC(=O)Nc2ccc(C(N)=O)cc2)S(=O)(=O)c2cccnc2)cc1. The van der Waals surface area contributed by atoms with Gasteiger partial charge in [0.05, 0.1) is 13.7 Å². The zero-order valence-corrected chi connectivity index (χ0v) is 18.1. The molecule has 3 N–H and O–H groups in total. The zero-order valence-electron chi connectivity index (χ0n) is 17.3. The van der Waals surface area contributed by atoms with Gasteiger partial charge in [-0.05, 0) is 54.1 Å². The fraction of sp³-hybridized carbons (Fsp3) is 0.136. The number of carbonyl (C=O) groups excluding carboxylic acids is 2. The van der Waals surface area contributed by atoms with Crippen molar-refractivity contribution in [3.05, 3.63) is 84.2 Å². The Morgan fingerprint density at radius 1 is 1.06 bits per heavy atom. The molecule has 0 aliphatic carbocycles. The molecule has 1 aromatic heterocycles. The Balaban J connectivity index is 1.82. The number of rotatable bonds is 9. The van der Waals surface area contributed by atoms with E-state index in [0.717, 1.165) is 4.31 Å². The molecule has 9 nitrogen and oxygen atoms in total. The first-order valence-corrected chi connectivity index (χ1v) is 11.0. The second kappa shape index (κ2) is 10.0. The number of benzene rings is 2. The molecule has 0 atom stereocenters. The van der Waals surface area contributed by atoms with Crippen LogP contribution in [0.5, 0.6) is 5.75 Å². The first-order valence-electron chi connectivity index (χ1n) is 9.52. The van der Waals surface area contributed by atoms with Crippen molar-refractivity contribution < 1.29 is 22.7 Å². The molecule has 0 fully saturated rings. The normalized spacial score (nSPS) is 11.2. The Morgan fingerprint density at radius 3 is 2.31 bits per heavy atom. The number of pyridine rings is 1. The standard InChI is InChI=1S/C22H22N4O5S/c1-31-19-10-4-16(5-11-19)14-26(32(29,30)20-3-2-12-24-13-20)15-21(27)25-18-8-6-17(7-9-18)22(23)28/h2-13H,14-15H2,1H3,(H2,23,28)(H,25,27). The number of hydrogen-bond acceptors (Lipinski definition) is 6. The van der Waals surface area contributed by atoms with Gasteiger partial charge < -0.3 is 15.8 Å². The van der Waals surface area contributed by atoms with E-state index in [1.807, 2.05) is 0 Å². The molecule has 0 aliphatic heterocycles. The highest BCUT2D eigenvalue weighted by molar-refractivity contribution is 7.89. The lowest BCUT2D eigenvalue weighted by Crippen LogP contribution is -2.37. The van der Waals surface area contributed by atoms with E-state index < -0.39 is 28.4 Å². The van der Waals surface area contributed by atoms with Gasteiger partial charge in [-0.25, -0.2) is 8.42 Å². The maximum absolute atomic E-state index is 13.2. The minimum Gasteiger partial charge on any atom is -0.497 e. The number of amides is 2. The van der Waals surface area contributed by atoms with Crippen LogP contribution in [0.15, 0.2) is 78.0 Å². The van der Waals surface area contributed by atoms with Gasteiger partial charge in [0, 0.05) is 30.2 Å². The summed E-state index contributed by atoms with van der Waals surface area (Å²) in [6, 6.07) is 15.8. The minimum absolute atomic E-state index is 0.0212. The van der Waals surface area contributed by atoms with Crippen LogP contribution in [0.2, 0.25) is 0 Å². The number of ether oxygens (including phenoxy) is 1. The third kappa shape index (κ3) is 5.68. The number of carbonyl (C=O) groups is 2. The van der Waals surface area contributed by atoms with Gasteiger partial charge in [0.25, 0.3) is 0 Å². The van der Waals surface area contributed by atoms with Crippen LogP contribution in [0.25, 0.3) is 0 Å². The molecule has 0 saturated heterocycles. The number of nitrogens with zero attached hydrogens (tertiary/aromatic N) is 2. The number of nitrogens with two attached hydrogens (primary N) is 1. The highest BCUT2D eigenvalue weighted by Crippen LogP contribution is 2.20. The van der Waals surface area contributed by atoms with E-state index in [4.69, 9.17) is 10.5 Å². The molecule has 32 heavy (non-hydrogen) atoms. The summed E-state index contributed by atoms with van der Waals surface area (Å²) in [5, 5.41) is 2.63. The molecular weight excluding hydrogens is 432 g/mol. The number of nitrogens with one attached hydrogen (secondary N) is 1. The van der Waals surface area contributed by atoms with Crippen LogP contribution in [-0.2, 0) is 21.4 Å². The molecule has 3 aromatic rings. The Morgan fingerprint density at radius 2 is 1.75 bits per heavy atom. The van der Waals surface area contributed by atoms with Crippen LogP contribution in [0.4, 0.5) is 5.69 Å². The van der Waals surface area contributed by atoms with Crippen LogP contribution in [0, 0.1) is 0 Å². The fourth-order valence-electron chi connectivity index (χ4n) is 2.89. The van der Waals surface area contributed by atoms with Crippen LogP contribution in [0.1, 0.15) is 15.9 Å². The smallest absolute Gasteiger partial charge is 0.248 e. The average Bonchev–Trinajstić information content (AvgIpc) is 2.80. The lowest BCUT2D eigenvalue weighted by Gasteiger charge is -2.22. The molecule has 2 amide bonds. The van der Waals surface area contributed by atoms with Crippen LogP contribution in [-0.4, -0.2) is 43.2 Å². The second-order valence-corrected chi connectivity index (χ2v) is 8.74. The van der Waals surface area contributed by atoms with Crippen molar-refractivity contribution >= 4 is 27.5 Å². The van der Waals surface area contributed by atoms with Gasteiger partial charge in [-0.15, -0.1) is 0 Å². The molecule has 0 spiro atoms. The van der Waals surface area contributed by atoms with E-state index in [9.17, 15) is 18.0 Å². The summed E-state index contributed by atoms with van der Waals surface area (Å²) >= 11 is 0. The van der Waals surface area contributed by atoms with Crippen molar-refractivity contribution in [1.82, 2.24) is 9.29 Å². The molecule has 0 unspecified atom stereocenters. The lowest BCUT2D eigenvalue weighted by atomic mass is 10.2. The van der Waals surface area contributed by atoms with Gasteiger partial charge in [-0.1, -0.05) is 12.1 Å². The molecule has 10 heteroatoms.